The smallest absolute Gasteiger partial charge is 0.256 e. The first-order valence-corrected chi connectivity index (χ1v) is 7.19. The number of carbonyl (C=O) groups is 1. The Morgan fingerprint density at radius 2 is 2.00 bits per heavy atom. The highest BCUT2D eigenvalue weighted by Crippen LogP contribution is 2.42. The third-order valence-corrected chi connectivity index (χ3v) is 3.82. The lowest BCUT2D eigenvalue weighted by atomic mass is 9.99. The minimum absolute atomic E-state index is 0.0790. The highest BCUT2D eigenvalue weighted by Gasteiger charge is 2.47. The lowest BCUT2D eigenvalue weighted by Gasteiger charge is -2.26. The second kappa shape index (κ2) is 6.27. The summed E-state index contributed by atoms with van der Waals surface area (Å²) in [5.74, 6) is 1.07. The minimum atomic E-state index is -0.725. The van der Waals surface area contributed by atoms with Crippen LogP contribution in [0.3, 0.4) is 0 Å². The van der Waals surface area contributed by atoms with Gasteiger partial charge in [-0.15, -0.1) is 0 Å². The molecule has 0 radical (unpaired) electrons. The summed E-state index contributed by atoms with van der Waals surface area (Å²) in [6.45, 7) is 4.63. The van der Waals surface area contributed by atoms with Gasteiger partial charge in [-0.25, -0.2) is 0 Å². The van der Waals surface area contributed by atoms with Crippen molar-refractivity contribution in [1.29, 1.82) is 0 Å². The van der Waals surface area contributed by atoms with E-state index in [9.17, 15) is 4.79 Å². The Bertz CT molecular complexity index is 453. The summed E-state index contributed by atoms with van der Waals surface area (Å²) < 4.78 is 11.0. The number of amides is 1. The Morgan fingerprint density at radius 1 is 1.35 bits per heavy atom. The highest BCUT2D eigenvalue weighted by atomic mass is 16.5. The molecule has 110 valence electrons. The molecule has 0 aliphatic heterocycles. The fraction of sp³-hybridized carbons (Fsp3) is 0.562. The maximum Gasteiger partial charge on any atom is 0.256 e. The summed E-state index contributed by atoms with van der Waals surface area (Å²) in [7, 11) is 1.60. The maximum atomic E-state index is 12.3. The van der Waals surface area contributed by atoms with Gasteiger partial charge in [0.25, 0.3) is 5.91 Å². The molecule has 0 heterocycles. The van der Waals surface area contributed by atoms with E-state index in [-0.39, 0.29) is 5.91 Å². The number of carbonyl (C=O) groups excluding carboxylic acids is 1. The molecule has 1 aliphatic rings. The minimum Gasteiger partial charge on any atom is -0.494 e. The fourth-order valence-corrected chi connectivity index (χ4v) is 2.19. The van der Waals surface area contributed by atoms with Gasteiger partial charge < -0.3 is 14.8 Å². The number of benzene rings is 1. The predicted octanol–water partition coefficient (Wildman–Crippen LogP) is 3.23. The first-order valence-electron chi connectivity index (χ1n) is 7.19. The van der Waals surface area contributed by atoms with E-state index in [0.717, 1.165) is 30.7 Å². The molecule has 2 rings (SSSR count). The molecule has 1 fully saturated rings. The van der Waals surface area contributed by atoms with Crippen LogP contribution in [0.1, 0.15) is 33.1 Å². The molecule has 1 aromatic rings. The monoisotopic (exact) mass is 277 g/mol. The van der Waals surface area contributed by atoms with E-state index in [1.807, 2.05) is 31.2 Å². The van der Waals surface area contributed by atoms with Crippen LogP contribution in [-0.2, 0) is 9.53 Å². The van der Waals surface area contributed by atoms with Crippen molar-refractivity contribution in [2.45, 2.75) is 38.7 Å². The SMILES string of the molecule is CCCOc1ccc(NC(=O)[C@@](C)(OC)C2CC2)cc1. The average Bonchev–Trinajstić information content (AvgIpc) is 3.30. The molecule has 4 heteroatoms. The van der Waals surface area contributed by atoms with E-state index in [1.54, 1.807) is 7.11 Å². The van der Waals surface area contributed by atoms with Crippen LogP contribution in [0.5, 0.6) is 5.75 Å². The molecular formula is C16H23NO3. The Labute approximate surface area is 120 Å². The van der Waals surface area contributed by atoms with Crippen molar-refractivity contribution in [3.05, 3.63) is 24.3 Å². The molecule has 4 nitrogen and oxygen atoms in total. The van der Waals surface area contributed by atoms with Gasteiger partial charge in [0.15, 0.2) is 0 Å². The standard InChI is InChI=1S/C16H23NO3/c1-4-11-20-14-9-7-13(8-10-14)17-15(18)16(2,19-3)12-5-6-12/h7-10,12H,4-6,11H2,1-3H3,(H,17,18)/t16-/m0/s1. The van der Waals surface area contributed by atoms with E-state index in [1.165, 1.54) is 0 Å². The zero-order chi connectivity index (χ0) is 14.6. The maximum absolute atomic E-state index is 12.3. The van der Waals surface area contributed by atoms with Gasteiger partial charge in [0.05, 0.1) is 6.61 Å². The van der Waals surface area contributed by atoms with Crippen molar-refractivity contribution in [1.82, 2.24) is 0 Å². The van der Waals surface area contributed by atoms with Crippen LogP contribution < -0.4 is 10.1 Å². The second-order valence-corrected chi connectivity index (χ2v) is 5.41. The molecule has 1 aliphatic carbocycles. The topological polar surface area (TPSA) is 47.6 Å². The molecule has 0 spiro atoms. The van der Waals surface area contributed by atoms with Gasteiger partial charge in [-0.3, -0.25) is 4.79 Å². The first-order chi connectivity index (χ1) is 9.60. The van der Waals surface area contributed by atoms with E-state index >= 15 is 0 Å². The average molecular weight is 277 g/mol. The van der Waals surface area contributed by atoms with Crippen LogP contribution >= 0.6 is 0 Å². The first kappa shape index (κ1) is 14.9. The van der Waals surface area contributed by atoms with Gasteiger partial charge in [0.1, 0.15) is 11.4 Å². The number of hydrogen-bond donors (Lipinski definition) is 1. The van der Waals surface area contributed by atoms with Crippen molar-refractivity contribution in [3.63, 3.8) is 0 Å². The molecule has 0 unspecified atom stereocenters. The molecule has 1 N–H and O–H groups in total. The Morgan fingerprint density at radius 3 is 2.50 bits per heavy atom. The van der Waals surface area contributed by atoms with Crippen LogP contribution in [0.4, 0.5) is 5.69 Å². The summed E-state index contributed by atoms with van der Waals surface area (Å²) in [5.41, 5.74) is 0.0416. The summed E-state index contributed by atoms with van der Waals surface area (Å²) in [4.78, 5) is 12.3. The van der Waals surface area contributed by atoms with Gasteiger partial charge in [-0.1, -0.05) is 6.92 Å². The van der Waals surface area contributed by atoms with Crippen molar-refractivity contribution in [2.24, 2.45) is 5.92 Å². The fourth-order valence-electron chi connectivity index (χ4n) is 2.19. The van der Waals surface area contributed by atoms with E-state index in [0.29, 0.717) is 12.5 Å². The van der Waals surface area contributed by atoms with Crippen molar-refractivity contribution >= 4 is 11.6 Å². The molecule has 20 heavy (non-hydrogen) atoms. The van der Waals surface area contributed by atoms with Crippen LogP contribution in [0.2, 0.25) is 0 Å². The molecule has 1 aromatic carbocycles. The number of anilines is 1. The van der Waals surface area contributed by atoms with Gasteiger partial charge >= 0.3 is 0 Å². The Kier molecular flexibility index (Phi) is 4.65. The second-order valence-electron chi connectivity index (χ2n) is 5.41. The van der Waals surface area contributed by atoms with Crippen LogP contribution in [0.15, 0.2) is 24.3 Å². The molecular weight excluding hydrogens is 254 g/mol. The number of rotatable bonds is 7. The third kappa shape index (κ3) is 3.31. The van der Waals surface area contributed by atoms with E-state index in [2.05, 4.69) is 12.2 Å². The Hall–Kier alpha value is -1.55. The van der Waals surface area contributed by atoms with Crippen molar-refractivity contribution < 1.29 is 14.3 Å². The summed E-state index contributed by atoms with van der Waals surface area (Å²) in [6.07, 6.45) is 3.09. The quantitative estimate of drug-likeness (QED) is 0.832. The van der Waals surface area contributed by atoms with Crippen LogP contribution in [0.25, 0.3) is 0 Å². The Balaban J connectivity index is 1.97. The zero-order valence-electron chi connectivity index (χ0n) is 12.4. The summed E-state index contributed by atoms with van der Waals surface area (Å²) in [6, 6.07) is 7.44. The molecule has 0 saturated heterocycles. The zero-order valence-corrected chi connectivity index (χ0v) is 12.4. The summed E-state index contributed by atoms with van der Waals surface area (Å²) >= 11 is 0. The van der Waals surface area contributed by atoms with Crippen LogP contribution in [0, 0.1) is 5.92 Å². The van der Waals surface area contributed by atoms with E-state index in [4.69, 9.17) is 9.47 Å². The van der Waals surface area contributed by atoms with E-state index < -0.39 is 5.60 Å². The number of ether oxygens (including phenoxy) is 2. The van der Waals surface area contributed by atoms with Crippen molar-refractivity contribution in [2.75, 3.05) is 19.0 Å². The normalized spacial score (nSPS) is 17.4. The molecule has 0 bridgehead atoms. The van der Waals surface area contributed by atoms with Gasteiger partial charge in [0.2, 0.25) is 0 Å². The molecule has 1 saturated carbocycles. The van der Waals surface area contributed by atoms with Gasteiger partial charge in [-0.2, -0.15) is 0 Å². The van der Waals surface area contributed by atoms with Gasteiger partial charge in [-0.05, 0) is 56.4 Å². The molecule has 1 atom stereocenters. The van der Waals surface area contributed by atoms with Crippen LogP contribution in [-0.4, -0.2) is 25.2 Å². The number of hydrogen-bond acceptors (Lipinski definition) is 3. The molecule has 1 amide bonds. The van der Waals surface area contributed by atoms with Crippen molar-refractivity contribution in [3.8, 4) is 5.75 Å². The lowest BCUT2D eigenvalue weighted by molar-refractivity contribution is -0.138. The highest BCUT2D eigenvalue weighted by molar-refractivity contribution is 5.97. The summed E-state index contributed by atoms with van der Waals surface area (Å²) in [5, 5.41) is 2.92. The molecule has 0 aromatic heterocycles. The largest absolute Gasteiger partial charge is 0.494 e. The number of methoxy groups -OCH3 is 1. The number of nitrogens with one attached hydrogen (secondary N) is 1. The van der Waals surface area contributed by atoms with Gasteiger partial charge in [0, 0.05) is 12.8 Å². The lowest BCUT2D eigenvalue weighted by Crippen LogP contribution is -2.43. The third-order valence-electron chi connectivity index (χ3n) is 3.82. The predicted molar refractivity (Wildman–Crippen MR) is 79.0 cm³/mol.